The van der Waals surface area contributed by atoms with Crippen LogP contribution < -0.4 is 11.1 Å². The molecule has 0 bridgehead atoms. The summed E-state index contributed by atoms with van der Waals surface area (Å²) in [5, 5.41) is 7.91. The second-order valence-corrected chi connectivity index (χ2v) is 5.89. The van der Waals surface area contributed by atoms with Gasteiger partial charge in [0, 0.05) is 12.7 Å². The van der Waals surface area contributed by atoms with E-state index in [4.69, 9.17) is 5.73 Å². The monoisotopic (exact) mass is 323 g/mol. The van der Waals surface area contributed by atoms with Crippen LogP contribution in [0.3, 0.4) is 0 Å². The minimum absolute atomic E-state index is 0.119. The van der Waals surface area contributed by atoms with Gasteiger partial charge in [0.25, 0.3) is 5.91 Å². The summed E-state index contributed by atoms with van der Waals surface area (Å²) in [6.07, 6.45) is 3.17. The van der Waals surface area contributed by atoms with Gasteiger partial charge in [-0.1, -0.05) is 29.8 Å². The van der Waals surface area contributed by atoms with Gasteiger partial charge in [0.05, 0.1) is 28.9 Å². The topological polar surface area (TPSA) is 85.8 Å². The van der Waals surface area contributed by atoms with Crippen LogP contribution in [0.2, 0.25) is 0 Å². The number of nitrogens with two attached hydrogens (primary N) is 1. The third-order valence-electron chi connectivity index (χ3n) is 4.18. The summed E-state index contributed by atoms with van der Waals surface area (Å²) in [5.41, 5.74) is 9.87. The molecule has 6 heteroatoms. The second-order valence-electron chi connectivity index (χ2n) is 5.89. The van der Waals surface area contributed by atoms with Crippen LogP contribution in [0.1, 0.15) is 41.4 Å². The molecular weight excluding hydrogens is 302 g/mol. The van der Waals surface area contributed by atoms with Gasteiger partial charge in [-0.3, -0.25) is 4.79 Å². The fourth-order valence-electron chi connectivity index (χ4n) is 2.67. The zero-order valence-corrected chi connectivity index (χ0v) is 14.1. The number of aryl methyl sites for hydroxylation is 2. The van der Waals surface area contributed by atoms with E-state index in [9.17, 15) is 4.79 Å². The number of hydrogen-bond donors (Lipinski definition) is 2. The van der Waals surface area contributed by atoms with E-state index in [2.05, 4.69) is 15.4 Å². The Morgan fingerprint density at radius 3 is 2.67 bits per heavy atom. The summed E-state index contributed by atoms with van der Waals surface area (Å²) < 4.78 is 1.75. The first-order chi connectivity index (χ1) is 11.5. The van der Waals surface area contributed by atoms with Crippen LogP contribution in [-0.4, -0.2) is 20.7 Å². The molecule has 0 unspecified atom stereocenters. The third kappa shape index (κ3) is 2.82. The second kappa shape index (κ2) is 6.31. The smallest absolute Gasteiger partial charge is 0.255 e. The Kier molecular flexibility index (Phi) is 4.20. The maximum atomic E-state index is 12.6. The van der Waals surface area contributed by atoms with Crippen LogP contribution in [0.4, 0.5) is 5.69 Å². The van der Waals surface area contributed by atoms with Crippen molar-refractivity contribution in [2.24, 2.45) is 0 Å². The van der Waals surface area contributed by atoms with Crippen molar-refractivity contribution in [3.8, 4) is 0 Å². The lowest BCUT2D eigenvalue weighted by atomic mass is 10.1. The van der Waals surface area contributed by atoms with Gasteiger partial charge in [0.2, 0.25) is 0 Å². The molecule has 0 saturated heterocycles. The first-order valence-corrected chi connectivity index (χ1v) is 7.98. The zero-order chi connectivity index (χ0) is 17.3. The molecule has 6 nitrogen and oxygen atoms in total. The lowest BCUT2D eigenvalue weighted by molar-refractivity contribution is 0.0940. The fourth-order valence-corrected chi connectivity index (χ4v) is 2.67. The average molecular weight is 323 g/mol. The minimum atomic E-state index is -0.237. The summed E-state index contributed by atoms with van der Waals surface area (Å²) in [6, 6.07) is 7.96. The van der Waals surface area contributed by atoms with Crippen LogP contribution in [0.25, 0.3) is 11.0 Å². The highest BCUT2D eigenvalue weighted by Crippen LogP contribution is 2.23. The Balaban J connectivity index is 1.86. The number of benzene rings is 1. The van der Waals surface area contributed by atoms with Crippen molar-refractivity contribution in [2.75, 3.05) is 5.73 Å². The molecule has 24 heavy (non-hydrogen) atoms. The molecular formula is C18H21N5O. The SMILES string of the molecule is CCn1ncc2c(N)c(C(=O)N[C@H](C)c3ccc(C)cc3)cnc21. The minimum Gasteiger partial charge on any atom is -0.397 e. The van der Waals surface area contributed by atoms with E-state index in [1.54, 1.807) is 10.9 Å². The Bertz CT molecular complexity index is 882. The molecule has 0 fully saturated rings. The van der Waals surface area contributed by atoms with Crippen molar-refractivity contribution in [3.05, 3.63) is 53.3 Å². The Hall–Kier alpha value is -2.89. The number of fused-ring (bicyclic) bond motifs is 1. The van der Waals surface area contributed by atoms with Gasteiger partial charge >= 0.3 is 0 Å². The molecule has 1 aromatic carbocycles. The molecule has 3 rings (SSSR count). The van der Waals surface area contributed by atoms with Gasteiger partial charge in [-0.05, 0) is 26.3 Å². The Morgan fingerprint density at radius 2 is 2.00 bits per heavy atom. The molecule has 0 radical (unpaired) electrons. The summed E-state index contributed by atoms with van der Waals surface area (Å²) in [4.78, 5) is 16.9. The molecule has 0 saturated carbocycles. The molecule has 124 valence electrons. The van der Waals surface area contributed by atoms with Crippen LogP contribution in [0.15, 0.2) is 36.7 Å². The quantitative estimate of drug-likeness (QED) is 0.773. The summed E-state index contributed by atoms with van der Waals surface area (Å²) in [7, 11) is 0. The maximum Gasteiger partial charge on any atom is 0.255 e. The summed E-state index contributed by atoms with van der Waals surface area (Å²) in [6.45, 7) is 6.66. The van der Waals surface area contributed by atoms with Crippen molar-refractivity contribution in [3.63, 3.8) is 0 Å². The van der Waals surface area contributed by atoms with E-state index < -0.39 is 0 Å². The molecule has 1 amide bonds. The molecule has 2 heterocycles. The standard InChI is InChI=1S/C18H21N5O/c1-4-23-17-14(10-21-23)16(19)15(9-20-17)18(24)22-12(3)13-7-5-11(2)6-8-13/h5-10,12H,4H2,1-3H3,(H2,19,20)(H,22,24)/t12-/m1/s1. The number of pyridine rings is 1. The highest BCUT2D eigenvalue weighted by Gasteiger charge is 2.17. The average Bonchev–Trinajstić information content (AvgIpc) is 2.99. The first kappa shape index (κ1) is 16.0. The molecule has 0 spiro atoms. The highest BCUT2D eigenvalue weighted by atomic mass is 16.1. The number of amides is 1. The van der Waals surface area contributed by atoms with Gasteiger partial charge in [-0.2, -0.15) is 5.10 Å². The normalized spacial score (nSPS) is 12.3. The number of anilines is 1. The van der Waals surface area contributed by atoms with Crippen LogP contribution in [-0.2, 0) is 6.54 Å². The van der Waals surface area contributed by atoms with E-state index in [0.717, 1.165) is 5.56 Å². The Morgan fingerprint density at radius 1 is 1.29 bits per heavy atom. The van der Waals surface area contributed by atoms with Crippen molar-refractivity contribution >= 4 is 22.6 Å². The van der Waals surface area contributed by atoms with Crippen molar-refractivity contribution in [1.82, 2.24) is 20.1 Å². The van der Waals surface area contributed by atoms with E-state index in [-0.39, 0.29) is 11.9 Å². The van der Waals surface area contributed by atoms with E-state index in [1.807, 2.05) is 45.0 Å². The first-order valence-electron chi connectivity index (χ1n) is 7.98. The number of hydrogen-bond acceptors (Lipinski definition) is 4. The summed E-state index contributed by atoms with van der Waals surface area (Å²) in [5.74, 6) is -0.237. The maximum absolute atomic E-state index is 12.6. The molecule has 2 aromatic heterocycles. The van der Waals surface area contributed by atoms with Crippen LogP contribution >= 0.6 is 0 Å². The van der Waals surface area contributed by atoms with E-state index in [1.165, 1.54) is 11.8 Å². The lowest BCUT2D eigenvalue weighted by Gasteiger charge is -2.15. The van der Waals surface area contributed by atoms with Gasteiger partial charge < -0.3 is 11.1 Å². The molecule has 3 aromatic rings. The number of aromatic nitrogens is 3. The van der Waals surface area contributed by atoms with Crippen molar-refractivity contribution in [2.45, 2.75) is 33.4 Å². The number of rotatable bonds is 4. The Labute approximate surface area is 140 Å². The predicted molar refractivity (Wildman–Crippen MR) is 94.7 cm³/mol. The molecule has 3 N–H and O–H groups in total. The largest absolute Gasteiger partial charge is 0.397 e. The molecule has 0 aliphatic rings. The van der Waals surface area contributed by atoms with E-state index >= 15 is 0 Å². The molecule has 0 aliphatic carbocycles. The predicted octanol–water partition coefficient (Wildman–Crippen LogP) is 2.83. The number of nitrogens with one attached hydrogen (secondary N) is 1. The van der Waals surface area contributed by atoms with Crippen molar-refractivity contribution < 1.29 is 4.79 Å². The van der Waals surface area contributed by atoms with Crippen LogP contribution in [0.5, 0.6) is 0 Å². The number of nitrogens with zero attached hydrogens (tertiary/aromatic N) is 3. The van der Waals surface area contributed by atoms with Crippen LogP contribution in [0, 0.1) is 6.92 Å². The lowest BCUT2D eigenvalue weighted by Crippen LogP contribution is -2.27. The van der Waals surface area contributed by atoms with Gasteiger partial charge in [0.15, 0.2) is 5.65 Å². The highest BCUT2D eigenvalue weighted by molar-refractivity contribution is 6.05. The number of carbonyl (C=O) groups excluding carboxylic acids is 1. The summed E-state index contributed by atoms with van der Waals surface area (Å²) >= 11 is 0. The zero-order valence-electron chi connectivity index (χ0n) is 14.1. The van der Waals surface area contributed by atoms with Gasteiger partial charge in [0.1, 0.15) is 0 Å². The van der Waals surface area contributed by atoms with Gasteiger partial charge in [-0.15, -0.1) is 0 Å². The third-order valence-corrected chi connectivity index (χ3v) is 4.18. The number of nitrogen functional groups attached to an aromatic ring is 1. The number of carbonyl (C=O) groups is 1. The van der Waals surface area contributed by atoms with Gasteiger partial charge in [-0.25, -0.2) is 9.67 Å². The molecule has 1 atom stereocenters. The van der Waals surface area contributed by atoms with E-state index in [0.29, 0.717) is 28.8 Å². The fraction of sp³-hybridized carbons (Fsp3) is 0.278. The van der Waals surface area contributed by atoms with Crippen molar-refractivity contribution in [1.29, 1.82) is 0 Å². The molecule has 0 aliphatic heterocycles.